The average molecular weight is 417 g/mol. The Kier molecular flexibility index (Phi) is 6.68. The van der Waals surface area contributed by atoms with Gasteiger partial charge in [-0.3, -0.25) is 4.79 Å². The zero-order valence-corrected chi connectivity index (χ0v) is 19.1. The molecule has 1 aromatic rings. The maximum atomic E-state index is 12.9. The van der Waals surface area contributed by atoms with Crippen LogP contribution < -0.4 is 10.6 Å². The highest BCUT2D eigenvalue weighted by Gasteiger charge is 2.39. The Bertz CT molecular complexity index is 715. The number of fused-ring (bicyclic) bond motifs is 1. The minimum Gasteiger partial charge on any atom is -0.366 e. The van der Waals surface area contributed by atoms with Crippen molar-refractivity contribution in [2.24, 2.45) is 5.92 Å². The summed E-state index contributed by atoms with van der Waals surface area (Å²) >= 11 is 0. The topological polar surface area (TPSA) is 65.4 Å². The summed E-state index contributed by atoms with van der Waals surface area (Å²) in [7, 11) is 2.18. The minimum atomic E-state index is -0.0668. The third kappa shape index (κ3) is 4.83. The summed E-state index contributed by atoms with van der Waals surface area (Å²) in [5.74, 6) is 1.63. The number of carbonyl (C=O) groups is 1. The van der Waals surface area contributed by atoms with Gasteiger partial charge in [0, 0.05) is 38.8 Å². The number of nitrogens with zero attached hydrogens (tertiary/aromatic N) is 4. The Morgan fingerprint density at radius 3 is 2.67 bits per heavy atom. The van der Waals surface area contributed by atoms with Gasteiger partial charge < -0.3 is 20.4 Å². The lowest BCUT2D eigenvalue weighted by molar-refractivity contribution is 0.0949. The third-order valence-corrected chi connectivity index (χ3v) is 7.38. The highest BCUT2D eigenvalue weighted by atomic mass is 16.1. The molecule has 0 bridgehead atoms. The van der Waals surface area contributed by atoms with E-state index in [1.54, 1.807) is 6.20 Å². The first kappa shape index (κ1) is 21.6. The Balaban J connectivity index is 1.34. The fourth-order valence-corrected chi connectivity index (χ4v) is 5.46. The van der Waals surface area contributed by atoms with Crippen molar-refractivity contribution in [3.63, 3.8) is 0 Å². The molecule has 2 fully saturated rings. The van der Waals surface area contributed by atoms with Crippen molar-refractivity contribution in [3.05, 3.63) is 11.8 Å². The molecule has 0 aromatic carbocycles. The van der Waals surface area contributed by atoms with E-state index < -0.39 is 0 Å². The SMILES string of the molecule is CN1CCN(CCCNC(=O)c2cnn3c2NC(C2CCCCC2)CC3(C)C)CC1. The summed E-state index contributed by atoms with van der Waals surface area (Å²) < 4.78 is 2.03. The van der Waals surface area contributed by atoms with Crippen LogP contribution in [0.5, 0.6) is 0 Å². The highest BCUT2D eigenvalue weighted by Crippen LogP contribution is 2.39. The number of hydrogen-bond donors (Lipinski definition) is 2. The lowest BCUT2D eigenvalue weighted by atomic mass is 9.78. The van der Waals surface area contributed by atoms with Crippen molar-refractivity contribution in [1.29, 1.82) is 0 Å². The van der Waals surface area contributed by atoms with Crippen molar-refractivity contribution in [2.45, 2.75) is 70.4 Å². The van der Waals surface area contributed by atoms with Gasteiger partial charge in [-0.05, 0) is 59.0 Å². The highest BCUT2D eigenvalue weighted by molar-refractivity contribution is 5.98. The van der Waals surface area contributed by atoms with Crippen molar-refractivity contribution in [1.82, 2.24) is 24.9 Å². The number of carbonyl (C=O) groups excluding carboxylic acids is 1. The molecule has 1 saturated heterocycles. The first-order valence-electron chi connectivity index (χ1n) is 12.0. The molecule has 3 heterocycles. The largest absolute Gasteiger partial charge is 0.366 e. The van der Waals surface area contributed by atoms with E-state index in [0.717, 1.165) is 51.4 Å². The summed E-state index contributed by atoms with van der Waals surface area (Å²) in [6.45, 7) is 10.8. The number of likely N-dealkylation sites (N-methyl/N-ethyl adjacent to an activating group) is 1. The van der Waals surface area contributed by atoms with E-state index in [1.165, 1.54) is 32.1 Å². The van der Waals surface area contributed by atoms with E-state index in [4.69, 9.17) is 0 Å². The maximum Gasteiger partial charge on any atom is 0.256 e. The number of rotatable bonds is 6. The molecule has 0 radical (unpaired) electrons. The summed E-state index contributed by atoms with van der Waals surface area (Å²) in [4.78, 5) is 17.8. The maximum absolute atomic E-state index is 12.9. The molecule has 1 atom stereocenters. The summed E-state index contributed by atoms with van der Waals surface area (Å²) in [5.41, 5.74) is 0.631. The van der Waals surface area contributed by atoms with Gasteiger partial charge in [0.2, 0.25) is 0 Å². The monoisotopic (exact) mass is 416 g/mol. The summed E-state index contributed by atoms with van der Waals surface area (Å²) in [5, 5.41) is 11.5. The van der Waals surface area contributed by atoms with Crippen molar-refractivity contribution in [2.75, 3.05) is 51.6 Å². The molecule has 0 spiro atoms. The molecule has 3 aliphatic rings. The van der Waals surface area contributed by atoms with Crippen molar-refractivity contribution < 1.29 is 4.79 Å². The van der Waals surface area contributed by atoms with Crippen LogP contribution in [-0.4, -0.2) is 77.8 Å². The molecule has 168 valence electrons. The predicted molar refractivity (Wildman–Crippen MR) is 121 cm³/mol. The fourth-order valence-electron chi connectivity index (χ4n) is 5.46. The van der Waals surface area contributed by atoms with E-state index in [2.05, 4.69) is 46.4 Å². The second kappa shape index (κ2) is 9.27. The van der Waals surface area contributed by atoms with Crippen LogP contribution in [0.15, 0.2) is 6.20 Å². The van der Waals surface area contributed by atoms with Crippen LogP contribution in [0, 0.1) is 5.92 Å². The van der Waals surface area contributed by atoms with Crippen molar-refractivity contribution in [3.8, 4) is 0 Å². The molecule has 7 nitrogen and oxygen atoms in total. The van der Waals surface area contributed by atoms with Gasteiger partial charge in [-0.2, -0.15) is 5.10 Å². The first-order valence-corrected chi connectivity index (χ1v) is 12.0. The van der Waals surface area contributed by atoms with E-state index >= 15 is 0 Å². The summed E-state index contributed by atoms with van der Waals surface area (Å²) in [6, 6.07) is 0.438. The zero-order chi connectivity index (χ0) is 21.1. The predicted octanol–water partition coefficient (Wildman–Crippen LogP) is 2.75. The Morgan fingerprint density at radius 2 is 1.93 bits per heavy atom. The number of piperazine rings is 1. The van der Waals surface area contributed by atoms with Gasteiger partial charge >= 0.3 is 0 Å². The summed E-state index contributed by atoms with van der Waals surface area (Å²) in [6.07, 6.45) is 10.5. The standard InChI is InChI=1S/C23H40N6O/c1-23(2)16-20(18-8-5-4-6-9-18)26-21-19(17-25-29(21)23)22(30)24-10-7-11-28-14-12-27(3)13-15-28/h17-18,20,26H,4-16H2,1-3H3,(H,24,30). The Morgan fingerprint density at radius 1 is 1.20 bits per heavy atom. The van der Waals surface area contributed by atoms with Gasteiger partial charge in [0.1, 0.15) is 11.4 Å². The Labute approximate surface area is 181 Å². The molecule has 1 amide bonds. The Hall–Kier alpha value is -1.60. The molecule has 1 saturated carbocycles. The van der Waals surface area contributed by atoms with Gasteiger partial charge in [-0.1, -0.05) is 19.3 Å². The van der Waals surface area contributed by atoms with Crippen LogP contribution in [0.25, 0.3) is 0 Å². The quantitative estimate of drug-likeness (QED) is 0.698. The molecular weight excluding hydrogens is 376 g/mol. The normalized spacial score (nSPS) is 25.5. The smallest absolute Gasteiger partial charge is 0.256 e. The molecule has 4 rings (SSSR count). The zero-order valence-electron chi connectivity index (χ0n) is 19.1. The van der Waals surface area contributed by atoms with Crippen molar-refractivity contribution >= 4 is 11.7 Å². The van der Waals surface area contributed by atoms with Crippen LogP contribution in [0.2, 0.25) is 0 Å². The van der Waals surface area contributed by atoms with E-state index in [-0.39, 0.29) is 11.4 Å². The van der Waals surface area contributed by atoms with Gasteiger partial charge in [0.05, 0.1) is 11.7 Å². The van der Waals surface area contributed by atoms with Crippen LogP contribution in [0.1, 0.15) is 69.2 Å². The average Bonchev–Trinajstić information content (AvgIpc) is 3.18. The number of aromatic nitrogens is 2. The minimum absolute atomic E-state index is 0.00206. The van der Waals surface area contributed by atoms with Crippen LogP contribution in [0.3, 0.4) is 0 Å². The third-order valence-electron chi connectivity index (χ3n) is 7.38. The number of amides is 1. The lowest BCUT2D eigenvalue weighted by Gasteiger charge is -2.42. The second-order valence-electron chi connectivity index (χ2n) is 10.2. The first-order chi connectivity index (χ1) is 14.4. The van der Waals surface area contributed by atoms with E-state index in [1.807, 2.05) is 4.68 Å². The molecule has 1 unspecified atom stereocenters. The van der Waals surface area contributed by atoms with Crippen LogP contribution >= 0.6 is 0 Å². The molecule has 2 N–H and O–H groups in total. The van der Waals surface area contributed by atoms with E-state index in [9.17, 15) is 4.79 Å². The number of nitrogens with one attached hydrogen (secondary N) is 2. The van der Waals surface area contributed by atoms with Gasteiger partial charge in [-0.25, -0.2) is 4.68 Å². The van der Waals surface area contributed by atoms with E-state index in [0.29, 0.717) is 24.1 Å². The van der Waals surface area contributed by atoms with Crippen LogP contribution in [0.4, 0.5) is 5.82 Å². The van der Waals surface area contributed by atoms with Gasteiger partial charge in [0.15, 0.2) is 0 Å². The lowest BCUT2D eigenvalue weighted by Crippen LogP contribution is -2.46. The fraction of sp³-hybridized carbons (Fsp3) is 0.826. The number of anilines is 1. The van der Waals surface area contributed by atoms with Gasteiger partial charge in [-0.15, -0.1) is 0 Å². The molecule has 2 aliphatic heterocycles. The molecule has 30 heavy (non-hydrogen) atoms. The second-order valence-corrected chi connectivity index (χ2v) is 10.2. The molecule has 7 heteroatoms. The molecule has 1 aromatic heterocycles. The molecule has 1 aliphatic carbocycles. The number of hydrogen-bond acceptors (Lipinski definition) is 5. The molecular formula is C23H40N6O. The van der Waals surface area contributed by atoms with Crippen LogP contribution in [-0.2, 0) is 5.54 Å². The van der Waals surface area contributed by atoms with Gasteiger partial charge in [0.25, 0.3) is 5.91 Å².